The van der Waals surface area contributed by atoms with Crippen molar-refractivity contribution in [3.8, 4) is 11.1 Å². The van der Waals surface area contributed by atoms with Crippen molar-refractivity contribution in [1.82, 2.24) is 9.55 Å². The normalized spacial score (nSPS) is 32.5. The summed E-state index contributed by atoms with van der Waals surface area (Å²) in [6.45, 7) is 5.50. The van der Waals surface area contributed by atoms with Gasteiger partial charge in [0.25, 0.3) is 5.56 Å². The summed E-state index contributed by atoms with van der Waals surface area (Å²) in [7, 11) is 0. The smallest absolute Gasteiger partial charge is 0.422 e. The number of ketones is 1. The van der Waals surface area contributed by atoms with Crippen molar-refractivity contribution in [3.05, 3.63) is 92.8 Å². The van der Waals surface area contributed by atoms with Crippen LogP contribution in [0.25, 0.3) is 11.1 Å². The predicted octanol–water partition coefficient (Wildman–Crippen LogP) is 6.52. The number of hydrogen-bond donors (Lipinski definition) is 2. The minimum absolute atomic E-state index is 0.0437. The summed E-state index contributed by atoms with van der Waals surface area (Å²) in [6.07, 6.45) is 5.33. The van der Waals surface area contributed by atoms with Crippen LogP contribution in [0.5, 0.6) is 0 Å². The second kappa shape index (κ2) is 13.8. The van der Waals surface area contributed by atoms with Gasteiger partial charge >= 0.3 is 17.8 Å². The maximum atomic E-state index is 14.2. The fourth-order valence-electron chi connectivity index (χ4n) is 10.7. The lowest BCUT2D eigenvalue weighted by Gasteiger charge is -2.61. The molecule has 3 aromatic rings. The molecule has 12 heteroatoms. The van der Waals surface area contributed by atoms with Gasteiger partial charge in [-0.15, -0.1) is 0 Å². The highest BCUT2D eigenvalue weighted by atomic mass is 19.1. The van der Waals surface area contributed by atoms with E-state index in [-0.39, 0.29) is 23.1 Å². The number of rotatable bonds is 7. The van der Waals surface area contributed by atoms with E-state index in [2.05, 4.69) is 6.92 Å². The van der Waals surface area contributed by atoms with Gasteiger partial charge in [0.2, 0.25) is 11.6 Å². The number of Topliss-reactive ketones (excluding diaryl/α,β-unsaturated/α-hetero) is 1. The number of hydrogen-bond acceptors (Lipinski definition) is 8. The number of carbonyl (C=O) groups excluding carboxylic acids is 3. The number of aliphatic hydroxyl groups is 1. The number of carbonyl (C=O) groups is 3. The van der Waals surface area contributed by atoms with Crippen LogP contribution in [-0.2, 0) is 19.1 Å². The molecule has 282 valence electrons. The van der Waals surface area contributed by atoms with Crippen LogP contribution in [0.4, 0.5) is 13.6 Å². The van der Waals surface area contributed by atoms with E-state index in [0.717, 1.165) is 25.7 Å². The minimum Gasteiger partial charge on any atom is -0.457 e. The van der Waals surface area contributed by atoms with Crippen LogP contribution in [0.2, 0.25) is 0 Å². The maximum Gasteiger partial charge on any atom is 0.422 e. The molecule has 4 aliphatic rings. The Labute approximate surface area is 305 Å². The third-order valence-electron chi connectivity index (χ3n) is 13.9. The molecule has 0 amide bonds. The van der Waals surface area contributed by atoms with Gasteiger partial charge < -0.3 is 14.6 Å². The Kier molecular flexibility index (Phi) is 9.57. The Hall–Kier alpha value is -4.45. The molecule has 1 aromatic heterocycles. The highest BCUT2D eigenvalue weighted by Gasteiger charge is 2.66. The summed E-state index contributed by atoms with van der Waals surface area (Å²) in [5.41, 5.74) is -2.77. The number of nitrogens with zero attached hydrogens (tertiary/aromatic N) is 1. The van der Waals surface area contributed by atoms with E-state index in [0.29, 0.717) is 71.4 Å². The number of aromatic nitrogens is 2. The van der Waals surface area contributed by atoms with Gasteiger partial charge in [-0.3, -0.25) is 19.4 Å². The molecule has 53 heavy (non-hydrogen) atoms. The number of ether oxygens (including phenoxy) is 2. The van der Waals surface area contributed by atoms with Crippen molar-refractivity contribution >= 4 is 17.8 Å². The first-order valence-corrected chi connectivity index (χ1v) is 18.7. The van der Waals surface area contributed by atoms with Gasteiger partial charge in [0, 0.05) is 11.0 Å². The van der Waals surface area contributed by atoms with E-state index >= 15 is 0 Å². The zero-order valence-corrected chi connectivity index (χ0v) is 30.2. The number of nitrogens with one attached hydrogen (secondary N) is 1. The molecular formula is C41H46F2N2O8. The lowest BCUT2D eigenvalue weighted by atomic mass is 9.44. The summed E-state index contributed by atoms with van der Waals surface area (Å²) in [5, 5.41) is 12.1. The van der Waals surface area contributed by atoms with Crippen molar-refractivity contribution in [2.45, 2.75) is 96.2 Å². The Morgan fingerprint density at radius 2 is 1.64 bits per heavy atom. The van der Waals surface area contributed by atoms with Crippen LogP contribution in [0.1, 0.15) is 90.0 Å². The molecule has 10 nitrogen and oxygen atoms in total. The molecule has 0 spiro atoms. The molecule has 0 radical (unpaired) electrons. The molecular weight excluding hydrogens is 686 g/mol. The molecule has 0 aliphatic heterocycles. The highest BCUT2D eigenvalue weighted by Crippen LogP contribution is 2.68. The number of H-pyrrole nitrogens is 1. The molecule has 1 heterocycles. The Balaban J connectivity index is 0.966. The van der Waals surface area contributed by atoms with Crippen LogP contribution < -0.4 is 11.2 Å². The van der Waals surface area contributed by atoms with Crippen molar-refractivity contribution in [2.75, 3.05) is 6.61 Å². The first-order chi connectivity index (χ1) is 25.2. The van der Waals surface area contributed by atoms with Crippen molar-refractivity contribution < 1.29 is 37.7 Å². The third-order valence-corrected chi connectivity index (χ3v) is 13.9. The lowest BCUT2D eigenvalue weighted by molar-refractivity contribution is -0.177. The number of halogens is 2. The minimum atomic E-state index is -1.61. The van der Waals surface area contributed by atoms with Gasteiger partial charge in [0.1, 0.15) is 17.5 Å². The summed E-state index contributed by atoms with van der Waals surface area (Å²) in [6, 6.07) is 13.5. The van der Waals surface area contributed by atoms with E-state index in [4.69, 9.17) is 9.47 Å². The average Bonchev–Trinajstić information content (AvgIpc) is 3.43. The van der Waals surface area contributed by atoms with E-state index in [1.807, 2.05) is 6.92 Å². The Morgan fingerprint density at radius 3 is 2.38 bits per heavy atom. The Morgan fingerprint density at radius 1 is 0.925 bits per heavy atom. The summed E-state index contributed by atoms with van der Waals surface area (Å²) in [5.74, 6) is -2.28. The SMILES string of the molecule is CC(C(=O)OCC(=O)[C@@]1(O)CC[C@H]2[C@@H]3CC[C@@H]4C[C@H](OC(=O)n5cc(F)c(=O)[nH]c5=O)CC[C@]4(C)[C@H]3CC[C@@]21C)c1ccc(-c2ccccc2F)cc1. The molecule has 9 atom stereocenters. The second-order valence-electron chi connectivity index (χ2n) is 16.3. The quantitative estimate of drug-likeness (QED) is 0.261. The third kappa shape index (κ3) is 6.26. The largest absolute Gasteiger partial charge is 0.457 e. The van der Waals surface area contributed by atoms with Gasteiger partial charge in [-0.1, -0.05) is 56.3 Å². The van der Waals surface area contributed by atoms with Gasteiger partial charge in [-0.05, 0) is 111 Å². The summed E-state index contributed by atoms with van der Waals surface area (Å²) in [4.78, 5) is 64.9. The summed E-state index contributed by atoms with van der Waals surface area (Å²) < 4.78 is 39.7. The lowest BCUT2D eigenvalue weighted by Crippen LogP contribution is -2.59. The van der Waals surface area contributed by atoms with E-state index < -0.39 is 64.6 Å². The molecule has 0 bridgehead atoms. The molecule has 4 fully saturated rings. The highest BCUT2D eigenvalue weighted by molar-refractivity contribution is 5.91. The van der Waals surface area contributed by atoms with Crippen LogP contribution in [0.15, 0.2) is 64.3 Å². The van der Waals surface area contributed by atoms with E-state index in [1.54, 1.807) is 54.4 Å². The van der Waals surface area contributed by atoms with Crippen molar-refractivity contribution in [1.29, 1.82) is 0 Å². The number of aromatic amines is 1. The van der Waals surface area contributed by atoms with Crippen LogP contribution in [0.3, 0.4) is 0 Å². The molecule has 7 rings (SSSR count). The first kappa shape index (κ1) is 36.9. The number of esters is 1. The molecule has 4 saturated carbocycles. The molecule has 2 aromatic carbocycles. The van der Waals surface area contributed by atoms with Crippen molar-refractivity contribution in [2.24, 2.45) is 34.5 Å². The molecule has 1 unspecified atom stereocenters. The standard InChI is InChI=1S/C41H46F2N2O8/c1-23(24-8-10-25(11-9-24)28-6-4-5-7-32(28)42)36(48)52-22-34(46)41(51)19-16-31-29-13-12-26-20-27(14-17-39(26,2)30(29)15-18-40(31,41)3)53-38(50)45-21-33(43)35(47)44-37(45)49/h4-11,21,23,26-27,29-31,51H,12-20,22H2,1-3H3,(H,44,47,49)/t23?,26-,27-,29-,30+,31+,39+,40+,41+/m1/s1. The monoisotopic (exact) mass is 732 g/mol. The first-order valence-electron chi connectivity index (χ1n) is 18.7. The van der Waals surface area contributed by atoms with Gasteiger partial charge in [0.15, 0.2) is 6.61 Å². The predicted molar refractivity (Wildman–Crippen MR) is 190 cm³/mol. The van der Waals surface area contributed by atoms with Crippen LogP contribution >= 0.6 is 0 Å². The molecule has 4 aliphatic carbocycles. The fourth-order valence-corrected chi connectivity index (χ4v) is 10.7. The molecule has 0 saturated heterocycles. The van der Waals surface area contributed by atoms with Gasteiger partial charge in [0.05, 0.1) is 12.1 Å². The van der Waals surface area contributed by atoms with E-state index in [1.165, 1.54) is 6.07 Å². The maximum absolute atomic E-state index is 14.2. The zero-order chi connectivity index (χ0) is 37.9. The van der Waals surface area contributed by atoms with E-state index in [9.17, 15) is 37.9 Å². The van der Waals surface area contributed by atoms with Gasteiger partial charge in [-0.2, -0.15) is 4.39 Å². The van der Waals surface area contributed by atoms with Crippen molar-refractivity contribution in [3.63, 3.8) is 0 Å². The van der Waals surface area contributed by atoms with Crippen LogP contribution in [0, 0.1) is 46.1 Å². The summed E-state index contributed by atoms with van der Waals surface area (Å²) >= 11 is 0. The van der Waals surface area contributed by atoms with Gasteiger partial charge in [-0.25, -0.2) is 18.5 Å². The second-order valence-corrected chi connectivity index (χ2v) is 16.3. The Bertz CT molecular complexity index is 2050. The topological polar surface area (TPSA) is 145 Å². The van der Waals surface area contributed by atoms with Crippen LogP contribution in [-0.4, -0.2) is 50.8 Å². The average molecular weight is 733 g/mol. The number of fused-ring (bicyclic) bond motifs is 5. The fraction of sp³-hybridized carbons (Fsp3) is 0.537. The molecule has 2 N–H and O–H groups in total. The number of benzene rings is 2. The zero-order valence-electron chi connectivity index (χ0n) is 30.2.